The van der Waals surface area contributed by atoms with Crippen molar-refractivity contribution >= 4 is 5.69 Å². The summed E-state index contributed by atoms with van der Waals surface area (Å²) in [5.74, 6) is -1.28. The molecule has 2 N–H and O–H groups in total. The number of ether oxygens (including phenoxy) is 2. The molecule has 1 heterocycles. The molecule has 114 valence electrons. The largest absolute Gasteiger partial charge is 0.493 e. The zero-order valence-electron chi connectivity index (χ0n) is 11.3. The fourth-order valence-corrected chi connectivity index (χ4v) is 2.20. The summed E-state index contributed by atoms with van der Waals surface area (Å²) in [6.45, 7) is -0.649. The highest BCUT2D eigenvalue weighted by atomic mass is 16.6. The third kappa shape index (κ3) is 2.47. The number of nitrogens with two attached hydrogens (primary N) is 1. The SMILES string of the molecule is COc1cc([N+](=O)[O-])cc2c1OC(N)=C(C#N)[C@H]2C[N+](=O)[O-]. The van der Waals surface area contributed by atoms with Crippen molar-refractivity contribution in [3.8, 4) is 17.6 Å². The van der Waals surface area contributed by atoms with Crippen molar-refractivity contribution in [2.24, 2.45) is 5.73 Å². The first-order chi connectivity index (χ1) is 10.4. The molecule has 0 saturated carbocycles. The molecule has 0 radical (unpaired) electrons. The highest BCUT2D eigenvalue weighted by Gasteiger charge is 2.36. The highest BCUT2D eigenvalue weighted by Crippen LogP contribution is 2.45. The summed E-state index contributed by atoms with van der Waals surface area (Å²) in [5.41, 5.74) is 5.26. The fourth-order valence-electron chi connectivity index (χ4n) is 2.20. The van der Waals surface area contributed by atoms with E-state index in [1.165, 1.54) is 7.11 Å². The van der Waals surface area contributed by atoms with Crippen molar-refractivity contribution in [2.45, 2.75) is 5.92 Å². The van der Waals surface area contributed by atoms with Gasteiger partial charge in [0, 0.05) is 16.6 Å². The maximum Gasteiger partial charge on any atom is 0.273 e. The van der Waals surface area contributed by atoms with Crippen LogP contribution in [0.4, 0.5) is 5.69 Å². The molecule has 22 heavy (non-hydrogen) atoms. The standard InChI is InChI=1S/C12H10N4O6/c1-21-10-3-6(16(19)20)2-7-9(5-15(17)18)8(4-13)12(14)22-11(7)10/h2-3,9H,5,14H2,1H3/t9-/m0/s1. The predicted octanol–water partition coefficient (Wildman–Crippen LogP) is 1.05. The summed E-state index contributed by atoms with van der Waals surface area (Å²) in [6.07, 6.45) is 0. The van der Waals surface area contributed by atoms with Gasteiger partial charge in [-0.25, -0.2) is 0 Å². The lowest BCUT2D eigenvalue weighted by Crippen LogP contribution is -2.25. The van der Waals surface area contributed by atoms with E-state index in [4.69, 9.17) is 20.5 Å². The van der Waals surface area contributed by atoms with Gasteiger partial charge >= 0.3 is 0 Å². The topological polar surface area (TPSA) is 155 Å². The first-order valence-corrected chi connectivity index (χ1v) is 5.94. The van der Waals surface area contributed by atoms with Crippen LogP contribution in [0, 0.1) is 31.6 Å². The van der Waals surface area contributed by atoms with Crippen LogP contribution in [0.2, 0.25) is 0 Å². The molecular formula is C12H10N4O6. The summed E-state index contributed by atoms with van der Waals surface area (Å²) < 4.78 is 10.3. The van der Waals surface area contributed by atoms with Crippen molar-refractivity contribution in [1.82, 2.24) is 0 Å². The number of nitriles is 1. The quantitative estimate of drug-likeness (QED) is 0.639. The second-order valence-corrected chi connectivity index (χ2v) is 4.38. The Balaban J connectivity index is 2.70. The number of nitro benzene ring substituents is 1. The van der Waals surface area contributed by atoms with Crippen molar-refractivity contribution in [1.29, 1.82) is 5.26 Å². The fraction of sp³-hybridized carbons (Fsp3) is 0.250. The van der Waals surface area contributed by atoms with E-state index in [0.29, 0.717) is 0 Å². The summed E-state index contributed by atoms with van der Waals surface area (Å²) in [4.78, 5) is 20.5. The van der Waals surface area contributed by atoms with Gasteiger partial charge in [0.05, 0.1) is 24.0 Å². The Morgan fingerprint density at radius 1 is 1.45 bits per heavy atom. The smallest absolute Gasteiger partial charge is 0.273 e. The number of benzene rings is 1. The van der Waals surface area contributed by atoms with Gasteiger partial charge in [-0.1, -0.05) is 0 Å². The van der Waals surface area contributed by atoms with Gasteiger partial charge in [0.15, 0.2) is 11.5 Å². The molecule has 0 aromatic heterocycles. The normalized spacial score (nSPS) is 16.3. The third-order valence-electron chi connectivity index (χ3n) is 3.15. The molecule has 0 spiro atoms. The van der Waals surface area contributed by atoms with Crippen LogP contribution in [0.5, 0.6) is 11.5 Å². The van der Waals surface area contributed by atoms with Crippen molar-refractivity contribution in [2.75, 3.05) is 13.7 Å². The molecule has 1 atom stereocenters. The molecule has 0 unspecified atom stereocenters. The Hall–Kier alpha value is -3.35. The molecule has 2 rings (SSSR count). The lowest BCUT2D eigenvalue weighted by atomic mass is 9.89. The number of hydrogen-bond acceptors (Lipinski definition) is 8. The van der Waals surface area contributed by atoms with E-state index in [0.717, 1.165) is 12.1 Å². The molecule has 1 aliphatic rings. The molecule has 0 amide bonds. The average Bonchev–Trinajstić information content (AvgIpc) is 2.45. The van der Waals surface area contributed by atoms with Gasteiger partial charge in [-0.2, -0.15) is 5.26 Å². The van der Waals surface area contributed by atoms with Gasteiger partial charge in [-0.3, -0.25) is 20.2 Å². The van der Waals surface area contributed by atoms with Gasteiger partial charge < -0.3 is 15.2 Å². The number of methoxy groups -OCH3 is 1. The van der Waals surface area contributed by atoms with Gasteiger partial charge in [-0.15, -0.1) is 0 Å². The third-order valence-corrected chi connectivity index (χ3v) is 3.15. The van der Waals surface area contributed by atoms with Crippen molar-refractivity contribution in [3.05, 3.63) is 49.4 Å². The summed E-state index contributed by atoms with van der Waals surface area (Å²) in [6, 6.07) is 3.99. The Kier molecular flexibility index (Phi) is 3.81. The Bertz CT molecular complexity index is 736. The molecule has 1 aromatic carbocycles. The van der Waals surface area contributed by atoms with Gasteiger partial charge in [0.2, 0.25) is 12.4 Å². The number of non-ortho nitro benzene ring substituents is 1. The summed E-state index contributed by atoms with van der Waals surface area (Å²) >= 11 is 0. The van der Waals surface area contributed by atoms with Crippen LogP contribution < -0.4 is 15.2 Å². The maximum absolute atomic E-state index is 11.0. The first kappa shape index (κ1) is 15.0. The van der Waals surface area contributed by atoms with Crippen LogP contribution >= 0.6 is 0 Å². The number of fused-ring (bicyclic) bond motifs is 1. The van der Waals surface area contributed by atoms with E-state index in [9.17, 15) is 20.2 Å². The van der Waals surface area contributed by atoms with E-state index in [1.807, 2.05) is 0 Å². The molecule has 10 heteroatoms. The van der Waals surface area contributed by atoms with Crippen LogP contribution in [0.15, 0.2) is 23.6 Å². The Labute approximate surface area is 123 Å². The van der Waals surface area contributed by atoms with Crippen molar-refractivity contribution in [3.63, 3.8) is 0 Å². The average molecular weight is 306 g/mol. The molecule has 0 saturated heterocycles. The molecular weight excluding hydrogens is 296 g/mol. The Morgan fingerprint density at radius 3 is 2.64 bits per heavy atom. The number of nitro groups is 2. The molecule has 0 fully saturated rings. The van der Waals surface area contributed by atoms with Crippen LogP contribution in [0.1, 0.15) is 11.5 Å². The van der Waals surface area contributed by atoms with E-state index >= 15 is 0 Å². The molecule has 10 nitrogen and oxygen atoms in total. The number of rotatable bonds is 4. The molecule has 0 bridgehead atoms. The highest BCUT2D eigenvalue weighted by molar-refractivity contribution is 5.60. The number of nitrogens with zero attached hydrogens (tertiary/aromatic N) is 3. The van der Waals surface area contributed by atoms with E-state index in [2.05, 4.69) is 0 Å². The van der Waals surface area contributed by atoms with Crippen LogP contribution in [-0.2, 0) is 0 Å². The lowest BCUT2D eigenvalue weighted by Gasteiger charge is -2.24. The maximum atomic E-state index is 11.0. The summed E-state index contributed by atoms with van der Waals surface area (Å²) in [7, 11) is 1.27. The minimum atomic E-state index is -1.04. The second-order valence-electron chi connectivity index (χ2n) is 4.38. The van der Waals surface area contributed by atoms with Gasteiger partial charge in [0.25, 0.3) is 5.69 Å². The zero-order chi connectivity index (χ0) is 16.4. The predicted molar refractivity (Wildman–Crippen MR) is 71.7 cm³/mol. The minimum Gasteiger partial charge on any atom is -0.493 e. The summed E-state index contributed by atoms with van der Waals surface area (Å²) in [5, 5.41) is 30.9. The number of hydrogen-bond donors (Lipinski definition) is 1. The monoisotopic (exact) mass is 306 g/mol. The van der Waals surface area contributed by atoms with Gasteiger partial charge in [0.1, 0.15) is 11.6 Å². The van der Waals surface area contributed by atoms with E-state index < -0.39 is 22.3 Å². The minimum absolute atomic E-state index is 0.0116. The first-order valence-electron chi connectivity index (χ1n) is 5.94. The van der Waals surface area contributed by atoms with Crippen LogP contribution in [0.3, 0.4) is 0 Å². The van der Waals surface area contributed by atoms with E-state index in [1.54, 1.807) is 6.07 Å². The zero-order valence-corrected chi connectivity index (χ0v) is 11.3. The Morgan fingerprint density at radius 2 is 2.14 bits per heavy atom. The van der Waals surface area contributed by atoms with Crippen LogP contribution in [-0.4, -0.2) is 23.5 Å². The second kappa shape index (κ2) is 5.57. The molecule has 0 aliphatic carbocycles. The van der Waals surface area contributed by atoms with Crippen LogP contribution in [0.25, 0.3) is 0 Å². The molecule has 1 aliphatic heterocycles. The van der Waals surface area contributed by atoms with E-state index in [-0.39, 0.29) is 34.2 Å². The van der Waals surface area contributed by atoms with Crippen molar-refractivity contribution < 1.29 is 19.3 Å². The van der Waals surface area contributed by atoms with Gasteiger partial charge in [-0.05, 0) is 0 Å². The molecule has 1 aromatic rings. The lowest BCUT2D eigenvalue weighted by molar-refractivity contribution is -0.482.